The first-order chi connectivity index (χ1) is 14.2. The number of ether oxygens (including phenoxy) is 2. The van der Waals surface area contributed by atoms with Gasteiger partial charge in [-0.25, -0.2) is 0 Å². The van der Waals surface area contributed by atoms with Gasteiger partial charge in [0.25, 0.3) is 0 Å². The molecule has 1 saturated heterocycles. The SMILES string of the molecule is COc1cccc(NC(N)=NCCCOC2CCN(Cc3ccccc3)CC2)c1. The summed E-state index contributed by atoms with van der Waals surface area (Å²) in [6.07, 6.45) is 3.41. The predicted molar refractivity (Wildman–Crippen MR) is 118 cm³/mol. The zero-order valence-electron chi connectivity index (χ0n) is 17.2. The third-order valence-electron chi connectivity index (χ3n) is 5.06. The molecule has 29 heavy (non-hydrogen) atoms. The molecule has 3 rings (SSSR count). The number of rotatable bonds is 9. The highest BCUT2D eigenvalue weighted by atomic mass is 16.5. The first-order valence-corrected chi connectivity index (χ1v) is 10.3. The van der Waals surface area contributed by atoms with E-state index in [-0.39, 0.29) is 0 Å². The quantitative estimate of drug-likeness (QED) is 0.386. The Hall–Kier alpha value is -2.57. The van der Waals surface area contributed by atoms with Gasteiger partial charge >= 0.3 is 0 Å². The molecule has 0 radical (unpaired) electrons. The Labute approximate surface area is 173 Å². The number of guanidine groups is 1. The fourth-order valence-electron chi connectivity index (χ4n) is 3.48. The topological polar surface area (TPSA) is 72.1 Å². The van der Waals surface area contributed by atoms with Crippen molar-refractivity contribution in [2.45, 2.75) is 31.9 Å². The van der Waals surface area contributed by atoms with Gasteiger partial charge in [-0.05, 0) is 37.0 Å². The zero-order valence-corrected chi connectivity index (χ0v) is 17.2. The second-order valence-electron chi connectivity index (χ2n) is 7.31. The van der Waals surface area contributed by atoms with Crippen molar-refractivity contribution < 1.29 is 9.47 Å². The van der Waals surface area contributed by atoms with E-state index in [1.54, 1.807) is 7.11 Å². The molecular formula is C23H32N4O2. The number of anilines is 1. The predicted octanol–water partition coefficient (Wildman–Crippen LogP) is 3.49. The van der Waals surface area contributed by atoms with Gasteiger partial charge in [0.1, 0.15) is 5.75 Å². The van der Waals surface area contributed by atoms with Gasteiger partial charge in [-0.15, -0.1) is 0 Å². The maximum Gasteiger partial charge on any atom is 0.193 e. The summed E-state index contributed by atoms with van der Waals surface area (Å²) < 4.78 is 11.2. The van der Waals surface area contributed by atoms with Crippen molar-refractivity contribution in [1.29, 1.82) is 0 Å². The van der Waals surface area contributed by atoms with E-state index in [0.717, 1.165) is 56.9 Å². The Morgan fingerprint density at radius 1 is 1.14 bits per heavy atom. The molecule has 2 aromatic carbocycles. The number of nitrogens with one attached hydrogen (secondary N) is 1. The Morgan fingerprint density at radius 3 is 2.69 bits per heavy atom. The van der Waals surface area contributed by atoms with Crippen molar-refractivity contribution in [2.24, 2.45) is 10.7 Å². The average Bonchev–Trinajstić information content (AvgIpc) is 2.75. The number of hydrogen-bond acceptors (Lipinski definition) is 4. The van der Waals surface area contributed by atoms with E-state index in [9.17, 15) is 0 Å². The van der Waals surface area contributed by atoms with Gasteiger partial charge in [-0.1, -0.05) is 36.4 Å². The molecule has 0 aromatic heterocycles. The van der Waals surface area contributed by atoms with Crippen molar-refractivity contribution >= 4 is 11.6 Å². The van der Waals surface area contributed by atoms with Gasteiger partial charge in [0.05, 0.1) is 13.2 Å². The van der Waals surface area contributed by atoms with Gasteiger partial charge in [0.15, 0.2) is 5.96 Å². The molecule has 0 unspecified atom stereocenters. The van der Waals surface area contributed by atoms with Crippen molar-refractivity contribution in [3.05, 3.63) is 60.2 Å². The van der Waals surface area contributed by atoms with E-state index in [2.05, 4.69) is 45.5 Å². The lowest BCUT2D eigenvalue weighted by atomic mass is 10.1. The molecule has 1 aliphatic heterocycles. The average molecular weight is 397 g/mol. The Morgan fingerprint density at radius 2 is 1.93 bits per heavy atom. The van der Waals surface area contributed by atoms with Crippen LogP contribution in [0.4, 0.5) is 5.69 Å². The number of aliphatic imine (C=N–C) groups is 1. The van der Waals surface area contributed by atoms with Crippen LogP contribution in [0.5, 0.6) is 5.75 Å². The normalized spacial score (nSPS) is 16.0. The molecule has 0 atom stereocenters. The van der Waals surface area contributed by atoms with Crippen LogP contribution < -0.4 is 15.8 Å². The highest BCUT2D eigenvalue weighted by Gasteiger charge is 2.19. The Balaban J connectivity index is 1.28. The summed E-state index contributed by atoms with van der Waals surface area (Å²) in [6.45, 7) is 4.58. The van der Waals surface area contributed by atoms with Crippen LogP contribution in [0, 0.1) is 0 Å². The van der Waals surface area contributed by atoms with Crippen molar-refractivity contribution in [1.82, 2.24) is 4.90 Å². The second kappa shape index (κ2) is 11.4. The van der Waals surface area contributed by atoms with Crippen LogP contribution in [0.2, 0.25) is 0 Å². The fourth-order valence-corrected chi connectivity index (χ4v) is 3.48. The largest absolute Gasteiger partial charge is 0.497 e. The smallest absolute Gasteiger partial charge is 0.193 e. The fraction of sp³-hybridized carbons (Fsp3) is 0.435. The molecule has 0 bridgehead atoms. The van der Waals surface area contributed by atoms with Crippen molar-refractivity contribution in [3.8, 4) is 5.75 Å². The highest BCUT2D eigenvalue weighted by molar-refractivity contribution is 5.92. The van der Waals surface area contributed by atoms with Gasteiger partial charge in [0, 0.05) is 44.5 Å². The summed E-state index contributed by atoms with van der Waals surface area (Å²) in [7, 11) is 1.64. The summed E-state index contributed by atoms with van der Waals surface area (Å²) in [5.74, 6) is 1.19. The van der Waals surface area contributed by atoms with E-state index in [4.69, 9.17) is 15.2 Å². The van der Waals surface area contributed by atoms with E-state index < -0.39 is 0 Å². The maximum absolute atomic E-state index is 6.04. The minimum absolute atomic E-state index is 0.359. The minimum atomic E-state index is 0.359. The number of hydrogen-bond donors (Lipinski definition) is 2. The number of methoxy groups -OCH3 is 1. The van der Waals surface area contributed by atoms with Crippen LogP contribution in [-0.2, 0) is 11.3 Å². The first-order valence-electron chi connectivity index (χ1n) is 10.3. The molecule has 0 saturated carbocycles. The lowest BCUT2D eigenvalue weighted by Crippen LogP contribution is -2.36. The summed E-state index contributed by atoms with van der Waals surface area (Å²) in [4.78, 5) is 6.88. The van der Waals surface area contributed by atoms with Gasteiger partial charge < -0.3 is 20.5 Å². The van der Waals surface area contributed by atoms with Crippen molar-refractivity contribution in [2.75, 3.05) is 38.7 Å². The summed E-state index contributed by atoms with van der Waals surface area (Å²) >= 11 is 0. The molecule has 1 heterocycles. The first kappa shape index (κ1) is 21.1. The molecule has 0 amide bonds. The molecule has 1 fully saturated rings. The molecule has 3 N–H and O–H groups in total. The van der Waals surface area contributed by atoms with E-state index in [0.29, 0.717) is 18.6 Å². The lowest BCUT2D eigenvalue weighted by Gasteiger charge is -2.31. The maximum atomic E-state index is 6.04. The van der Waals surface area contributed by atoms with Gasteiger partial charge in [-0.3, -0.25) is 9.89 Å². The highest BCUT2D eigenvalue weighted by Crippen LogP contribution is 2.17. The Bertz CT molecular complexity index is 758. The zero-order chi connectivity index (χ0) is 20.3. The molecule has 1 aliphatic rings. The van der Waals surface area contributed by atoms with Gasteiger partial charge in [0.2, 0.25) is 0 Å². The number of nitrogens with two attached hydrogens (primary N) is 1. The standard InChI is InChI=1S/C23H32N4O2/c1-28-22-10-5-9-20(17-22)26-23(24)25-13-6-16-29-21-11-14-27(15-12-21)18-19-7-3-2-4-8-19/h2-5,7-10,17,21H,6,11-16,18H2,1H3,(H3,24,25,26). The lowest BCUT2D eigenvalue weighted by molar-refractivity contribution is 0.00566. The third-order valence-corrected chi connectivity index (χ3v) is 5.06. The molecule has 2 aromatic rings. The van der Waals surface area contributed by atoms with Crippen LogP contribution in [0.3, 0.4) is 0 Å². The van der Waals surface area contributed by atoms with Crippen LogP contribution in [0.25, 0.3) is 0 Å². The van der Waals surface area contributed by atoms with Crippen LogP contribution >= 0.6 is 0 Å². The van der Waals surface area contributed by atoms with E-state index in [1.807, 2.05) is 24.3 Å². The minimum Gasteiger partial charge on any atom is -0.497 e. The Kier molecular flexibility index (Phi) is 8.34. The van der Waals surface area contributed by atoms with Crippen LogP contribution in [0.15, 0.2) is 59.6 Å². The van der Waals surface area contributed by atoms with Crippen LogP contribution in [-0.4, -0.2) is 50.3 Å². The monoisotopic (exact) mass is 396 g/mol. The van der Waals surface area contributed by atoms with Gasteiger partial charge in [-0.2, -0.15) is 0 Å². The third kappa shape index (κ3) is 7.40. The number of piperidine rings is 1. The molecule has 6 nitrogen and oxygen atoms in total. The molecule has 0 aliphatic carbocycles. The van der Waals surface area contributed by atoms with Crippen LogP contribution in [0.1, 0.15) is 24.8 Å². The van der Waals surface area contributed by atoms with Crippen molar-refractivity contribution in [3.63, 3.8) is 0 Å². The van der Waals surface area contributed by atoms with E-state index in [1.165, 1.54) is 5.56 Å². The summed E-state index contributed by atoms with van der Waals surface area (Å²) in [6, 6.07) is 18.3. The molecule has 6 heteroatoms. The summed E-state index contributed by atoms with van der Waals surface area (Å²) in [5.41, 5.74) is 8.20. The summed E-state index contributed by atoms with van der Waals surface area (Å²) in [5, 5.41) is 3.08. The number of likely N-dealkylation sites (tertiary alicyclic amines) is 1. The van der Waals surface area contributed by atoms with E-state index >= 15 is 0 Å². The second-order valence-corrected chi connectivity index (χ2v) is 7.31. The molecular weight excluding hydrogens is 364 g/mol. The molecule has 156 valence electrons. The number of nitrogens with zero attached hydrogens (tertiary/aromatic N) is 2. The molecule has 0 spiro atoms. The number of benzene rings is 2.